The third-order valence-electron chi connectivity index (χ3n) is 3.34. The van der Waals surface area contributed by atoms with Gasteiger partial charge in [-0.25, -0.2) is 4.39 Å². The summed E-state index contributed by atoms with van der Waals surface area (Å²) in [6.45, 7) is 1.60. The number of anilines is 1. The van der Waals surface area contributed by atoms with Crippen LogP contribution in [0.25, 0.3) is 11.3 Å². The van der Waals surface area contributed by atoms with Crippen LogP contribution in [0.2, 0.25) is 0 Å². The number of hydrogen-bond donors (Lipinski definition) is 1. The SMILES string of the molecule is Fc1ccc(-c2ccc(NC[C@H]3CCCO3)nn2)cc1. The number of aromatic nitrogens is 2. The van der Waals surface area contributed by atoms with Crippen molar-refractivity contribution in [3.63, 3.8) is 0 Å². The van der Waals surface area contributed by atoms with Crippen molar-refractivity contribution in [3.8, 4) is 11.3 Å². The number of halogens is 1. The molecule has 0 amide bonds. The number of nitrogens with one attached hydrogen (secondary N) is 1. The molecule has 1 fully saturated rings. The number of rotatable bonds is 4. The van der Waals surface area contributed by atoms with Crippen molar-refractivity contribution < 1.29 is 9.13 Å². The van der Waals surface area contributed by atoms with E-state index in [2.05, 4.69) is 15.5 Å². The lowest BCUT2D eigenvalue weighted by Crippen LogP contribution is -2.19. The molecule has 0 aliphatic carbocycles. The van der Waals surface area contributed by atoms with E-state index in [4.69, 9.17) is 4.74 Å². The summed E-state index contributed by atoms with van der Waals surface area (Å²) in [5.41, 5.74) is 1.58. The van der Waals surface area contributed by atoms with Gasteiger partial charge in [0, 0.05) is 18.7 Å². The Morgan fingerprint density at radius 1 is 1.15 bits per heavy atom. The summed E-state index contributed by atoms with van der Waals surface area (Å²) < 4.78 is 18.4. The predicted molar refractivity (Wildman–Crippen MR) is 74.9 cm³/mol. The van der Waals surface area contributed by atoms with Crippen LogP contribution in [-0.4, -0.2) is 29.5 Å². The van der Waals surface area contributed by atoms with Gasteiger partial charge in [0.2, 0.25) is 0 Å². The first-order chi connectivity index (χ1) is 9.81. The van der Waals surface area contributed by atoms with E-state index in [9.17, 15) is 4.39 Å². The molecule has 0 spiro atoms. The van der Waals surface area contributed by atoms with Gasteiger partial charge in [-0.1, -0.05) is 0 Å². The molecule has 1 aromatic heterocycles. The average molecular weight is 273 g/mol. The molecular formula is C15H16FN3O. The third-order valence-corrected chi connectivity index (χ3v) is 3.34. The van der Waals surface area contributed by atoms with E-state index >= 15 is 0 Å². The van der Waals surface area contributed by atoms with Crippen LogP contribution in [-0.2, 0) is 4.74 Å². The standard InChI is InChI=1S/C15H16FN3O/c16-12-5-3-11(4-6-12)14-7-8-15(19-18-14)17-10-13-2-1-9-20-13/h3-8,13H,1-2,9-10H2,(H,17,19)/t13-/m1/s1. The average Bonchev–Trinajstić information content (AvgIpc) is 3.00. The monoisotopic (exact) mass is 273 g/mol. The van der Waals surface area contributed by atoms with E-state index in [1.54, 1.807) is 12.1 Å². The molecule has 1 aliphatic rings. The normalized spacial score (nSPS) is 18.1. The van der Waals surface area contributed by atoms with Crippen LogP contribution in [0.4, 0.5) is 10.2 Å². The largest absolute Gasteiger partial charge is 0.376 e. The molecule has 1 atom stereocenters. The summed E-state index contributed by atoms with van der Waals surface area (Å²) in [5, 5.41) is 11.5. The minimum atomic E-state index is -0.253. The van der Waals surface area contributed by atoms with E-state index in [1.165, 1.54) is 12.1 Å². The lowest BCUT2D eigenvalue weighted by atomic mass is 10.1. The van der Waals surface area contributed by atoms with Crippen LogP contribution in [0.15, 0.2) is 36.4 Å². The first-order valence-electron chi connectivity index (χ1n) is 6.76. The third kappa shape index (κ3) is 3.11. The van der Waals surface area contributed by atoms with E-state index in [0.29, 0.717) is 0 Å². The number of ether oxygens (including phenoxy) is 1. The maximum atomic E-state index is 12.9. The van der Waals surface area contributed by atoms with Gasteiger partial charge in [-0.3, -0.25) is 0 Å². The molecule has 104 valence electrons. The van der Waals surface area contributed by atoms with Crippen molar-refractivity contribution in [2.24, 2.45) is 0 Å². The van der Waals surface area contributed by atoms with Crippen molar-refractivity contribution in [2.45, 2.75) is 18.9 Å². The molecule has 20 heavy (non-hydrogen) atoms. The van der Waals surface area contributed by atoms with Gasteiger partial charge in [0.25, 0.3) is 0 Å². The second-order valence-corrected chi connectivity index (χ2v) is 4.83. The van der Waals surface area contributed by atoms with Gasteiger partial charge in [0.1, 0.15) is 11.6 Å². The summed E-state index contributed by atoms with van der Waals surface area (Å²) in [6, 6.07) is 9.97. The van der Waals surface area contributed by atoms with Gasteiger partial charge in [0.15, 0.2) is 0 Å². The van der Waals surface area contributed by atoms with Gasteiger partial charge in [0.05, 0.1) is 11.8 Å². The highest BCUT2D eigenvalue weighted by Gasteiger charge is 2.15. The van der Waals surface area contributed by atoms with Crippen molar-refractivity contribution >= 4 is 5.82 Å². The number of hydrogen-bond acceptors (Lipinski definition) is 4. The molecule has 3 rings (SSSR count). The Labute approximate surface area is 117 Å². The summed E-state index contributed by atoms with van der Waals surface area (Å²) >= 11 is 0. The molecule has 1 saturated heterocycles. The van der Waals surface area contributed by atoms with Crippen LogP contribution >= 0.6 is 0 Å². The zero-order chi connectivity index (χ0) is 13.8. The van der Waals surface area contributed by atoms with Crippen molar-refractivity contribution in [3.05, 3.63) is 42.2 Å². The molecule has 1 aromatic carbocycles. The Bertz CT molecular complexity index is 550. The fourth-order valence-electron chi connectivity index (χ4n) is 2.22. The first-order valence-corrected chi connectivity index (χ1v) is 6.76. The van der Waals surface area contributed by atoms with Crippen LogP contribution in [0.1, 0.15) is 12.8 Å². The lowest BCUT2D eigenvalue weighted by molar-refractivity contribution is 0.120. The van der Waals surface area contributed by atoms with Gasteiger partial charge >= 0.3 is 0 Å². The predicted octanol–water partition coefficient (Wildman–Crippen LogP) is 2.87. The summed E-state index contributed by atoms with van der Waals surface area (Å²) in [4.78, 5) is 0. The minimum absolute atomic E-state index is 0.253. The highest BCUT2D eigenvalue weighted by atomic mass is 19.1. The molecule has 0 radical (unpaired) electrons. The van der Waals surface area contributed by atoms with E-state index < -0.39 is 0 Å². The Kier molecular flexibility index (Phi) is 3.87. The van der Waals surface area contributed by atoms with Crippen molar-refractivity contribution in [2.75, 3.05) is 18.5 Å². The Morgan fingerprint density at radius 3 is 2.65 bits per heavy atom. The summed E-state index contributed by atoms with van der Waals surface area (Å²) in [6.07, 6.45) is 2.49. The van der Waals surface area contributed by atoms with E-state index in [1.807, 2.05) is 12.1 Å². The van der Waals surface area contributed by atoms with Crippen LogP contribution < -0.4 is 5.32 Å². The molecule has 4 nitrogen and oxygen atoms in total. The topological polar surface area (TPSA) is 47.0 Å². The Morgan fingerprint density at radius 2 is 2.00 bits per heavy atom. The molecule has 0 unspecified atom stereocenters. The number of nitrogens with zero attached hydrogens (tertiary/aromatic N) is 2. The first kappa shape index (κ1) is 13.0. The minimum Gasteiger partial charge on any atom is -0.376 e. The molecule has 5 heteroatoms. The van der Waals surface area contributed by atoms with Gasteiger partial charge in [-0.15, -0.1) is 10.2 Å². The summed E-state index contributed by atoms with van der Waals surface area (Å²) in [5.74, 6) is 0.475. The smallest absolute Gasteiger partial charge is 0.148 e. The van der Waals surface area contributed by atoms with E-state index in [0.717, 1.165) is 43.1 Å². The lowest BCUT2D eigenvalue weighted by Gasteiger charge is -2.10. The highest BCUT2D eigenvalue weighted by molar-refractivity contribution is 5.59. The van der Waals surface area contributed by atoms with Gasteiger partial charge in [-0.05, 0) is 49.2 Å². The van der Waals surface area contributed by atoms with Crippen molar-refractivity contribution in [1.82, 2.24) is 10.2 Å². The molecule has 1 aliphatic heterocycles. The van der Waals surface area contributed by atoms with Crippen LogP contribution in [0.5, 0.6) is 0 Å². The number of benzene rings is 1. The van der Waals surface area contributed by atoms with Crippen LogP contribution in [0, 0.1) is 5.82 Å². The van der Waals surface area contributed by atoms with Gasteiger partial charge in [-0.2, -0.15) is 0 Å². The van der Waals surface area contributed by atoms with E-state index in [-0.39, 0.29) is 11.9 Å². The quantitative estimate of drug-likeness (QED) is 0.930. The molecular weight excluding hydrogens is 257 g/mol. The molecule has 0 saturated carbocycles. The second kappa shape index (κ2) is 5.96. The second-order valence-electron chi connectivity index (χ2n) is 4.83. The molecule has 1 N–H and O–H groups in total. The maximum absolute atomic E-state index is 12.9. The fraction of sp³-hybridized carbons (Fsp3) is 0.333. The maximum Gasteiger partial charge on any atom is 0.148 e. The molecule has 0 bridgehead atoms. The molecule has 2 aromatic rings. The Hall–Kier alpha value is -2.01. The molecule has 2 heterocycles. The highest BCUT2D eigenvalue weighted by Crippen LogP contribution is 2.18. The Balaban J connectivity index is 1.63. The zero-order valence-electron chi connectivity index (χ0n) is 11.1. The van der Waals surface area contributed by atoms with Crippen molar-refractivity contribution in [1.29, 1.82) is 0 Å². The zero-order valence-corrected chi connectivity index (χ0v) is 11.1. The fourth-order valence-corrected chi connectivity index (χ4v) is 2.22. The summed E-state index contributed by atoms with van der Waals surface area (Å²) in [7, 11) is 0. The van der Waals surface area contributed by atoms with Crippen LogP contribution in [0.3, 0.4) is 0 Å². The van der Waals surface area contributed by atoms with Gasteiger partial charge < -0.3 is 10.1 Å².